The van der Waals surface area contributed by atoms with Crippen LogP contribution in [0.2, 0.25) is 0 Å². The number of cyclic esters (lactones) is 1. The number of aromatic nitrogens is 2. The molecule has 2 aromatic heterocycles. The van der Waals surface area contributed by atoms with Crippen LogP contribution in [0.3, 0.4) is 0 Å². The fourth-order valence-corrected chi connectivity index (χ4v) is 3.28. The summed E-state index contributed by atoms with van der Waals surface area (Å²) in [6.45, 7) is 6.59. The predicted molar refractivity (Wildman–Crippen MR) is 90.8 cm³/mol. The smallest absolute Gasteiger partial charge is 0.415 e. The Morgan fingerprint density at radius 3 is 2.91 bits per heavy atom. The second-order valence-corrected chi connectivity index (χ2v) is 6.86. The summed E-state index contributed by atoms with van der Waals surface area (Å²) >= 11 is 1.68. The number of carbonyl (C=O) groups excluding carboxylic acids is 1. The minimum atomic E-state index is -0.348. The van der Waals surface area contributed by atoms with E-state index in [1.54, 1.807) is 28.5 Å². The lowest BCUT2D eigenvalue weighted by Gasteiger charge is -2.23. The largest absolute Gasteiger partial charge is 0.447 e. The van der Waals surface area contributed by atoms with Crippen LogP contribution in [0.4, 0.5) is 16.6 Å². The molecule has 1 N–H and O–H groups in total. The zero-order valence-corrected chi connectivity index (χ0v) is 14.2. The number of thiophene rings is 1. The Morgan fingerprint density at radius 2 is 2.22 bits per heavy atom. The second-order valence-electron chi connectivity index (χ2n) is 5.88. The van der Waals surface area contributed by atoms with Crippen LogP contribution in [0.15, 0.2) is 29.8 Å². The van der Waals surface area contributed by atoms with Gasteiger partial charge >= 0.3 is 6.09 Å². The van der Waals surface area contributed by atoms with E-state index >= 15 is 0 Å². The van der Waals surface area contributed by atoms with Crippen molar-refractivity contribution < 1.29 is 9.53 Å². The Morgan fingerprint density at radius 1 is 1.39 bits per heavy atom. The molecule has 1 aliphatic rings. The second kappa shape index (κ2) is 6.54. The van der Waals surface area contributed by atoms with Gasteiger partial charge in [0.05, 0.1) is 12.1 Å². The van der Waals surface area contributed by atoms with Crippen molar-refractivity contribution in [3.05, 3.63) is 34.7 Å². The van der Waals surface area contributed by atoms with Crippen LogP contribution in [-0.4, -0.2) is 28.7 Å². The Kier molecular flexibility index (Phi) is 4.47. The Balaban J connectivity index is 1.81. The van der Waals surface area contributed by atoms with Gasteiger partial charge < -0.3 is 10.1 Å². The standard InChI is InChI=1S/C16H20N4O2S/c1-10(2)12-9-22-16(21)20(12)14-6-7-17-15(19-14)18-11(3)13-5-4-8-23-13/h4-8,10-12H,9H2,1-3H3,(H,17,18,19)/t11-,12?/m0/s1. The molecule has 3 rings (SSSR count). The Hall–Kier alpha value is -2.15. The average Bonchev–Trinajstić information content (AvgIpc) is 3.16. The summed E-state index contributed by atoms with van der Waals surface area (Å²) in [6.07, 6.45) is 1.31. The molecule has 0 aromatic carbocycles. The maximum atomic E-state index is 12.0. The molecular weight excluding hydrogens is 312 g/mol. The molecule has 0 aliphatic carbocycles. The minimum Gasteiger partial charge on any atom is -0.447 e. The molecule has 1 fully saturated rings. The summed E-state index contributed by atoms with van der Waals surface area (Å²) in [5.74, 6) is 1.37. The van der Waals surface area contributed by atoms with Crippen LogP contribution < -0.4 is 10.2 Å². The van der Waals surface area contributed by atoms with Crippen molar-refractivity contribution in [1.82, 2.24) is 9.97 Å². The van der Waals surface area contributed by atoms with Gasteiger partial charge in [-0.1, -0.05) is 19.9 Å². The number of anilines is 2. The number of ether oxygens (including phenoxy) is 1. The summed E-state index contributed by atoms with van der Waals surface area (Å²) in [6, 6.07) is 5.93. The topological polar surface area (TPSA) is 67.3 Å². The fraction of sp³-hybridized carbons (Fsp3) is 0.438. The van der Waals surface area contributed by atoms with Gasteiger partial charge in [-0.25, -0.2) is 9.78 Å². The van der Waals surface area contributed by atoms with Gasteiger partial charge in [-0.2, -0.15) is 4.98 Å². The molecule has 0 radical (unpaired) electrons. The molecule has 3 heterocycles. The highest BCUT2D eigenvalue weighted by Gasteiger charge is 2.37. The quantitative estimate of drug-likeness (QED) is 0.904. The first-order chi connectivity index (χ1) is 11.1. The number of rotatable bonds is 5. The molecule has 0 spiro atoms. The van der Waals surface area contributed by atoms with Crippen molar-refractivity contribution in [1.29, 1.82) is 0 Å². The van der Waals surface area contributed by atoms with E-state index in [0.29, 0.717) is 18.4 Å². The number of nitrogens with one attached hydrogen (secondary N) is 1. The van der Waals surface area contributed by atoms with Crippen LogP contribution >= 0.6 is 11.3 Å². The van der Waals surface area contributed by atoms with Crippen molar-refractivity contribution in [3.63, 3.8) is 0 Å². The predicted octanol–water partition coefficient (Wildman–Crippen LogP) is 3.69. The van der Waals surface area contributed by atoms with Crippen LogP contribution in [0.5, 0.6) is 0 Å². The monoisotopic (exact) mass is 332 g/mol. The van der Waals surface area contributed by atoms with E-state index in [1.807, 2.05) is 11.4 Å². The summed E-state index contributed by atoms with van der Waals surface area (Å²) < 4.78 is 5.18. The van der Waals surface area contributed by atoms with Crippen molar-refractivity contribution in [2.75, 3.05) is 16.8 Å². The number of nitrogens with zero attached hydrogens (tertiary/aromatic N) is 3. The molecule has 2 aromatic rings. The van der Waals surface area contributed by atoms with Gasteiger partial charge in [0.15, 0.2) is 0 Å². The van der Waals surface area contributed by atoms with Crippen LogP contribution in [0.1, 0.15) is 31.7 Å². The van der Waals surface area contributed by atoms with Gasteiger partial charge in [-0.3, -0.25) is 4.90 Å². The summed E-state index contributed by atoms with van der Waals surface area (Å²) in [7, 11) is 0. The first-order valence-corrected chi connectivity index (χ1v) is 8.53. The normalized spacial score (nSPS) is 19.0. The molecule has 1 saturated heterocycles. The van der Waals surface area contributed by atoms with Crippen molar-refractivity contribution in [3.8, 4) is 0 Å². The molecule has 0 bridgehead atoms. The van der Waals surface area contributed by atoms with Gasteiger partial charge in [-0.15, -0.1) is 11.3 Å². The molecule has 1 unspecified atom stereocenters. The Labute approximate surface area is 139 Å². The zero-order valence-electron chi connectivity index (χ0n) is 13.4. The molecule has 1 amide bonds. The third-order valence-corrected chi connectivity index (χ3v) is 4.93. The summed E-state index contributed by atoms with van der Waals surface area (Å²) in [5.41, 5.74) is 0. The molecule has 7 heteroatoms. The fourth-order valence-electron chi connectivity index (χ4n) is 2.55. The summed E-state index contributed by atoms with van der Waals surface area (Å²) in [5, 5.41) is 5.32. The van der Waals surface area contributed by atoms with Crippen LogP contribution in [-0.2, 0) is 4.74 Å². The molecule has 1 aliphatic heterocycles. The minimum absolute atomic E-state index is 0.0000283. The molecular formula is C16H20N4O2S. The number of carbonyl (C=O) groups is 1. The van der Waals surface area contributed by atoms with E-state index in [9.17, 15) is 4.79 Å². The molecule has 23 heavy (non-hydrogen) atoms. The highest BCUT2D eigenvalue weighted by molar-refractivity contribution is 7.10. The lowest BCUT2D eigenvalue weighted by molar-refractivity contribution is 0.177. The van der Waals surface area contributed by atoms with Crippen LogP contribution in [0, 0.1) is 5.92 Å². The highest BCUT2D eigenvalue weighted by atomic mass is 32.1. The van der Waals surface area contributed by atoms with E-state index in [4.69, 9.17) is 4.74 Å². The van der Waals surface area contributed by atoms with Gasteiger partial charge in [0.1, 0.15) is 12.4 Å². The highest BCUT2D eigenvalue weighted by Crippen LogP contribution is 2.27. The molecule has 122 valence electrons. The maximum Gasteiger partial charge on any atom is 0.415 e. The van der Waals surface area contributed by atoms with E-state index in [0.717, 1.165) is 0 Å². The van der Waals surface area contributed by atoms with E-state index in [2.05, 4.69) is 42.1 Å². The molecule has 6 nitrogen and oxygen atoms in total. The van der Waals surface area contributed by atoms with E-state index in [-0.39, 0.29) is 24.1 Å². The lowest BCUT2D eigenvalue weighted by atomic mass is 10.0. The summed E-state index contributed by atoms with van der Waals surface area (Å²) in [4.78, 5) is 23.6. The number of amides is 1. The van der Waals surface area contributed by atoms with Gasteiger partial charge in [0.25, 0.3) is 0 Å². The van der Waals surface area contributed by atoms with E-state index < -0.39 is 0 Å². The van der Waals surface area contributed by atoms with Crippen molar-refractivity contribution in [2.45, 2.75) is 32.9 Å². The third kappa shape index (κ3) is 3.29. The molecule has 2 atom stereocenters. The Bertz CT molecular complexity index is 674. The number of hydrogen-bond donors (Lipinski definition) is 1. The van der Waals surface area contributed by atoms with Gasteiger partial charge in [-0.05, 0) is 30.4 Å². The lowest BCUT2D eigenvalue weighted by Crippen LogP contribution is -2.37. The first-order valence-electron chi connectivity index (χ1n) is 7.65. The maximum absolute atomic E-state index is 12.0. The third-order valence-electron chi connectivity index (χ3n) is 3.88. The molecule has 0 saturated carbocycles. The van der Waals surface area contributed by atoms with Crippen molar-refractivity contribution in [2.24, 2.45) is 5.92 Å². The van der Waals surface area contributed by atoms with Gasteiger partial charge in [0, 0.05) is 11.1 Å². The van der Waals surface area contributed by atoms with E-state index in [1.165, 1.54) is 4.88 Å². The van der Waals surface area contributed by atoms with Gasteiger partial charge in [0.2, 0.25) is 5.95 Å². The van der Waals surface area contributed by atoms with Crippen LogP contribution in [0.25, 0.3) is 0 Å². The zero-order chi connectivity index (χ0) is 16.4. The van der Waals surface area contributed by atoms with Crippen molar-refractivity contribution >= 4 is 29.2 Å². The number of hydrogen-bond acceptors (Lipinski definition) is 6. The SMILES string of the molecule is CC(C)C1COC(=O)N1c1ccnc(N[C@@H](C)c2cccs2)n1. The first kappa shape index (κ1) is 15.7. The average molecular weight is 332 g/mol.